The summed E-state index contributed by atoms with van der Waals surface area (Å²) in [4.78, 5) is 22.7. The number of rotatable bonds is 6. The maximum Gasteiger partial charge on any atom is 0.329 e. The van der Waals surface area contributed by atoms with Gasteiger partial charge < -0.3 is 10.4 Å². The molecular weight excluding hydrogens is 238 g/mol. The minimum Gasteiger partial charge on any atom is -0.480 e. The molecule has 2 N–H and O–H groups in total. The second-order valence-electron chi connectivity index (χ2n) is 4.17. The zero-order valence-electron chi connectivity index (χ0n) is 10.0. The number of carbonyl (C=O) groups excluding carboxylic acids is 1. The van der Waals surface area contributed by atoms with Crippen LogP contribution in [-0.2, 0) is 16.0 Å². The van der Waals surface area contributed by atoms with Crippen molar-refractivity contribution in [2.24, 2.45) is 0 Å². The van der Waals surface area contributed by atoms with Crippen molar-refractivity contribution in [2.75, 3.05) is 0 Å². The van der Waals surface area contributed by atoms with Gasteiger partial charge in [-0.2, -0.15) is 11.3 Å². The third-order valence-electron chi connectivity index (χ3n) is 2.82. The molecule has 0 bridgehead atoms. The highest BCUT2D eigenvalue weighted by Gasteiger charge is 2.32. The number of thiophene rings is 1. The average Bonchev–Trinajstić information content (AvgIpc) is 2.78. The first-order valence-electron chi connectivity index (χ1n) is 5.53. The Morgan fingerprint density at radius 1 is 1.53 bits per heavy atom. The van der Waals surface area contributed by atoms with Crippen LogP contribution in [0.3, 0.4) is 0 Å². The highest BCUT2D eigenvalue weighted by Crippen LogP contribution is 2.11. The molecule has 94 valence electrons. The Bertz CT molecular complexity index is 388. The minimum absolute atomic E-state index is 0.219. The van der Waals surface area contributed by atoms with Crippen molar-refractivity contribution in [2.45, 2.75) is 38.6 Å². The Morgan fingerprint density at radius 3 is 2.71 bits per heavy atom. The molecule has 1 atom stereocenters. The fourth-order valence-corrected chi connectivity index (χ4v) is 2.06. The van der Waals surface area contributed by atoms with E-state index < -0.39 is 11.5 Å². The van der Waals surface area contributed by atoms with E-state index in [0.29, 0.717) is 19.3 Å². The predicted molar refractivity (Wildman–Crippen MR) is 67.1 cm³/mol. The first-order chi connectivity index (χ1) is 7.98. The normalized spacial score (nSPS) is 14.0. The molecule has 1 amide bonds. The maximum absolute atomic E-state index is 11.6. The molecule has 1 heterocycles. The molecule has 1 aromatic rings. The van der Waals surface area contributed by atoms with Crippen LogP contribution in [0.4, 0.5) is 0 Å². The number of aliphatic carboxylic acids is 1. The molecule has 0 fully saturated rings. The van der Waals surface area contributed by atoms with Gasteiger partial charge in [-0.05, 0) is 42.2 Å². The van der Waals surface area contributed by atoms with Gasteiger partial charge in [-0.1, -0.05) is 6.92 Å². The van der Waals surface area contributed by atoms with Crippen LogP contribution in [-0.4, -0.2) is 22.5 Å². The fourth-order valence-electron chi connectivity index (χ4n) is 1.36. The number of carboxylic acid groups (broad SMARTS) is 1. The quantitative estimate of drug-likeness (QED) is 0.817. The van der Waals surface area contributed by atoms with E-state index in [0.717, 1.165) is 5.56 Å². The van der Waals surface area contributed by atoms with Crippen LogP contribution in [0.25, 0.3) is 0 Å². The van der Waals surface area contributed by atoms with Gasteiger partial charge in [-0.25, -0.2) is 4.79 Å². The van der Waals surface area contributed by atoms with E-state index in [2.05, 4.69) is 5.32 Å². The van der Waals surface area contributed by atoms with Crippen molar-refractivity contribution in [3.05, 3.63) is 22.4 Å². The lowest BCUT2D eigenvalue weighted by molar-refractivity contribution is -0.147. The van der Waals surface area contributed by atoms with Crippen LogP contribution in [0.5, 0.6) is 0 Å². The van der Waals surface area contributed by atoms with Crippen LogP contribution in [0.1, 0.15) is 32.3 Å². The van der Waals surface area contributed by atoms with Crippen LogP contribution >= 0.6 is 11.3 Å². The highest BCUT2D eigenvalue weighted by molar-refractivity contribution is 7.07. The van der Waals surface area contributed by atoms with Gasteiger partial charge in [0.1, 0.15) is 5.54 Å². The summed E-state index contributed by atoms with van der Waals surface area (Å²) in [6.07, 6.45) is 1.33. The van der Waals surface area contributed by atoms with E-state index in [1.54, 1.807) is 18.3 Å². The van der Waals surface area contributed by atoms with Gasteiger partial charge in [0.25, 0.3) is 0 Å². The van der Waals surface area contributed by atoms with Crippen molar-refractivity contribution < 1.29 is 14.7 Å². The third kappa shape index (κ3) is 3.85. The number of carbonyl (C=O) groups is 2. The Morgan fingerprint density at radius 2 is 2.24 bits per heavy atom. The zero-order valence-corrected chi connectivity index (χ0v) is 10.8. The van der Waals surface area contributed by atoms with E-state index in [9.17, 15) is 9.59 Å². The summed E-state index contributed by atoms with van der Waals surface area (Å²) >= 11 is 1.59. The molecule has 17 heavy (non-hydrogen) atoms. The molecule has 1 aromatic heterocycles. The summed E-state index contributed by atoms with van der Waals surface area (Å²) < 4.78 is 0. The van der Waals surface area contributed by atoms with Crippen molar-refractivity contribution in [3.8, 4) is 0 Å². The van der Waals surface area contributed by atoms with Crippen molar-refractivity contribution in [3.63, 3.8) is 0 Å². The Labute approximate surface area is 105 Å². The van der Waals surface area contributed by atoms with Gasteiger partial charge in [0.15, 0.2) is 0 Å². The smallest absolute Gasteiger partial charge is 0.329 e. The summed E-state index contributed by atoms with van der Waals surface area (Å²) in [7, 11) is 0. The van der Waals surface area contributed by atoms with Crippen molar-refractivity contribution in [1.82, 2.24) is 5.32 Å². The van der Waals surface area contributed by atoms with Crippen LogP contribution in [0, 0.1) is 0 Å². The zero-order chi connectivity index (χ0) is 12.9. The molecule has 1 unspecified atom stereocenters. The summed E-state index contributed by atoms with van der Waals surface area (Å²) in [6.45, 7) is 3.27. The van der Waals surface area contributed by atoms with Crippen molar-refractivity contribution >= 4 is 23.2 Å². The van der Waals surface area contributed by atoms with E-state index in [1.165, 1.54) is 6.92 Å². The monoisotopic (exact) mass is 255 g/mol. The van der Waals surface area contributed by atoms with Gasteiger partial charge in [-0.15, -0.1) is 0 Å². The lowest BCUT2D eigenvalue weighted by atomic mass is 9.99. The van der Waals surface area contributed by atoms with Gasteiger partial charge >= 0.3 is 5.97 Å². The van der Waals surface area contributed by atoms with Gasteiger partial charge in [0.2, 0.25) is 5.91 Å². The lowest BCUT2D eigenvalue weighted by Gasteiger charge is -2.24. The molecule has 0 aromatic carbocycles. The standard InChI is InChI=1S/C12H17NO3S/c1-3-12(2,11(15)16)13-10(14)5-4-9-6-7-17-8-9/h6-8H,3-5H2,1-2H3,(H,13,14)(H,15,16). The molecule has 0 aliphatic carbocycles. The van der Waals surface area contributed by atoms with E-state index in [1.807, 2.05) is 16.8 Å². The topological polar surface area (TPSA) is 66.4 Å². The first kappa shape index (κ1) is 13.7. The highest BCUT2D eigenvalue weighted by atomic mass is 32.1. The van der Waals surface area contributed by atoms with Gasteiger partial charge in [0, 0.05) is 6.42 Å². The molecule has 0 saturated heterocycles. The Hall–Kier alpha value is -1.36. The Kier molecular flexibility index (Phi) is 4.69. The molecule has 0 spiro atoms. The third-order valence-corrected chi connectivity index (χ3v) is 3.55. The molecule has 0 saturated carbocycles. The number of amides is 1. The number of aryl methyl sites for hydroxylation is 1. The molecule has 1 rings (SSSR count). The fraction of sp³-hybridized carbons (Fsp3) is 0.500. The first-order valence-corrected chi connectivity index (χ1v) is 6.47. The van der Waals surface area contributed by atoms with Gasteiger partial charge in [0.05, 0.1) is 0 Å². The minimum atomic E-state index is -1.16. The number of nitrogens with one attached hydrogen (secondary N) is 1. The summed E-state index contributed by atoms with van der Waals surface area (Å²) in [5, 5.41) is 15.5. The van der Waals surface area contributed by atoms with E-state index in [-0.39, 0.29) is 5.91 Å². The van der Waals surface area contributed by atoms with Gasteiger partial charge in [-0.3, -0.25) is 4.79 Å². The number of hydrogen-bond acceptors (Lipinski definition) is 3. The molecule has 5 heteroatoms. The molecule has 4 nitrogen and oxygen atoms in total. The van der Waals surface area contributed by atoms with E-state index >= 15 is 0 Å². The number of hydrogen-bond donors (Lipinski definition) is 2. The Balaban J connectivity index is 2.46. The van der Waals surface area contributed by atoms with Crippen LogP contribution in [0.15, 0.2) is 16.8 Å². The molecular formula is C12H17NO3S. The second-order valence-corrected chi connectivity index (χ2v) is 4.95. The summed E-state index contributed by atoms with van der Waals surface area (Å²) in [6, 6.07) is 1.97. The van der Waals surface area contributed by atoms with Crippen LogP contribution < -0.4 is 5.32 Å². The lowest BCUT2D eigenvalue weighted by Crippen LogP contribution is -2.51. The summed E-state index contributed by atoms with van der Waals surface area (Å²) in [5.74, 6) is -1.22. The van der Waals surface area contributed by atoms with Crippen LogP contribution in [0.2, 0.25) is 0 Å². The SMILES string of the molecule is CCC(C)(NC(=O)CCc1ccsc1)C(=O)O. The summed E-state index contributed by atoms with van der Waals surface area (Å²) in [5.41, 5.74) is -0.0511. The molecule has 0 aliphatic rings. The van der Waals surface area contributed by atoms with E-state index in [4.69, 9.17) is 5.11 Å². The molecule has 0 aliphatic heterocycles. The number of carboxylic acids is 1. The predicted octanol–water partition coefficient (Wildman–Crippen LogP) is 2.05. The van der Waals surface area contributed by atoms with Crippen molar-refractivity contribution in [1.29, 1.82) is 0 Å². The molecule has 0 radical (unpaired) electrons. The second kappa shape index (κ2) is 5.82. The largest absolute Gasteiger partial charge is 0.480 e. The maximum atomic E-state index is 11.6. The average molecular weight is 255 g/mol.